The molecule has 0 aromatic rings. The zero-order chi connectivity index (χ0) is 28.5. The van der Waals surface area contributed by atoms with Crippen LogP contribution in [0.2, 0.25) is 0 Å². The molecule has 14 heteroatoms. The van der Waals surface area contributed by atoms with Crippen molar-refractivity contribution in [3.63, 3.8) is 0 Å². The molecule has 4 rings (SSSR count). The van der Waals surface area contributed by atoms with Crippen LogP contribution in [-0.4, -0.2) is 42.4 Å². The minimum Gasteiger partial charge on any atom is -0.481 e. The molecule has 0 aromatic heterocycles. The summed E-state index contributed by atoms with van der Waals surface area (Å²) in [6.07, 6.45) is 1.90. The lowest BCUT2D eigenvalue weighted by Gasteiger charge is -2.64. The number of halogens is 2. The predicted octanol–water partition coefficient (Wildman–Crippen LogP) is 5.31. The van der Waals surface area contributed by atoms with E-state index in [0.717, 1.165) is 6.42 Å². The van der Waals surface area contributed by atoms with Crippen LogP contribution in [-0.2, 0) is 23.0 Å². The van der Waals surface area contributed by atoms with Crippen molar-refractivity contribution in [1.29, 1.82) is 0 Å². The first kappa shape index (κ1) is 30.5. The number of hydrogen-bond acceptors (Lipinski definition) is 5. The second-order valence-corrected chi connectivity index (χ2v) is 15.1. The van der Waals surface area contributed by atoms with Gasteiger partial charge >= 0.3 is 21.6 Å². The van der Waals surface area contributed by atoms with Crippen LogP contribution in [0.25, 0.3) is 0 Å². The molecular weight excluding hydrogens is 548 g/mol. The van der Waals surface area contributed by atoms with Gasteiger partial charge in [0.1, 0.15) is 0 Å². The highest BCUT2D eigenvalue weighted by molar-refractivity contribution is 7.46. The molecule has 5 N–H and O–H groups in total. The number of fused-ring (bicyclic) bond motifs is 5. The molecule has 10 atom stereocenters. The Morgan fingerprint density at radius 2 is 1.53 bits per heavy atom. The largest absolute Gasteiger partial charge is 0.481 e. The third kappa shape index (κ3) is 5.67. The molecule has 220 valence electrons. The number of rotatable bonds is 8. The molecule has 0 saturated heterocycles. The normalized spacial score (nSPS) is 46.1. The van der Waals surface area contributed by atoms with Crippen molar-refractivity contribution in [2.75, 3.05) is 0 Å². The minimum atomic E-state index is -5.30. The lowest BCUT2D eigenvalue weighted by atomic mass is 9.43. The molecule has 38 heavy (non-hydrogen) atoms. The standard InChI is InChI=1S/C24H40F2O10P2/c1-14(4-7-19(27)28)16-5-6-17-20-18(8-9-22(16,17)3)21(2)10-11-23(25,35-37(29,30)31)12-15(21)13-24(20,26)36-38(32,33)34/h14-18,20H,4-13H2,1-3H3,(H,27,28)(H2,29,30,31)(H2,32,33,34). The predicted molar refractivity (Wildman–Crippen MR) is 131 cm³/mol. The van der Waals surface area contributed by atoms with E-state index in [1.54, 1.807) is 0 Å². The van der Waals surface area contributed by atoms with Gasteiger partial charge in [0.15, 0.2) is 0 Å². The summed E-state index contributed by atoms with van der Waals surface area (Å²) in [6, 6.07) is 0. The number of carbonyl (C=O) groups is 1. The van der Waals surface area contributed by atoms with Crippen LogP contribution in [0.5, 0.6) is 0 Å². The summed E-state index contributed by atoms with van der Waals surface area (Å²) in [5.74, 6) is -8.57. The quantitative estimate of drug-likeness (QED) is 0.234. The van der Waals surface area contributed by atoms with E-state index in [-0.39, 0.29) is 42.4 Å². The molecule has 4 saturated carbocycles. The average Bonchev–Trinajstić information content (AvgIpc) is 3.08. The Morgan fingerprint density at radius 1 is 0.921 bits per heavy atom. The third-order valence-corrected chi connectivity index (χ3v) is 11.9. The summed E-state index contributed by atoms with van der Waals surface area (Å²) in [5.41, 5.74) is -1.04. The Bertz CT molecular complexity index is 1040. The van der Waals surface area contributed by atoms with E-state index in [2.05, 4.69) is 11.4 Å². The molecule has 0 aliphatic heterocycles. The van der Waals surface area contributed by atoms with E-state index >= 15 is 8.78 Å². The highest BCUT2D eigenvalue weighted by atomic mass is 31.2. The van der Waals surface area contributed by atoms with Crippen molar-refractivity contribution in [3.8, 4) is 0 Å². The fraction of sp³-hybridized carbons (Fsp3) is 0.958. The van der Waals surface area contributed by atoms with Gasteiger partial charge in [-0.1, -0.05) is 20.8 Å². The van der Waals surface area contributed by atoms with Crippen LogP contribution >= 0.6 is 15.6 Å². The van der Waals surface area contributed by atoms with E-state index in [9.17, 15) is 33.5 Å². The van der Waals surface area contributed by atoms with Gasteiger partial charge in [-0.05, 0) is 78.9 Å². The van der Waals surface area contributed by atoms with Crippen molar-refractivity contribution in [1.82, 2.24) is 0 Å². The summed E-state index contributed by atoms with van der Waals surface area (Å²) < 4.78 is 65.3. The van der Waals surface area contributed by atoms with Gasteiger partial charge in [0, 0.05) is 31.6 Å². The molecule has 10 unspecified atom stereocenters. The van der Waals surface area contributed by atoms with Gasteiger partial charge < -0.3 is 24.7 Å². The number of carboxylic acid groups (broad SMARTS) is 1. The molecule has 4 aliphatic carbocycles. The van der Waals surface area contributed by atoms with Crippen LogP contribution in [0.3, 0.4) is 0 Å². The van der Waals surface area contributed by atoms with E-state index < -0.39 is 69.3 Å². The molecule has 4 aliphatic rings. The summed E-state index contributed by atoms with van der Waals surface area (Å²) in [7, 11) is -10.5. The molecule has 0 heterocycles. The maximum Gasteiger partial charge on any atom is 0.472 e. The maximum atomic E-state index is 17.0. The Labute approximate surface area is 221 Å². The highest BCUT2D eigenvalue weighted by Crippen LogP contribution is 2.73. The Kier molecular flexibility index (Phi) is 7.89. The van der Waals surface area contributed by atoms with Crippen molar-refractivity contribution in [2.45, 2.75) is 96.7 Å². The monoisotopic (exact) mass is 588 g/mol. The van der Waals surface area contributed by atoms with Crippen molar-refractivity contribution in [2.24, 2.45) is 46.3 Å². The van der Waals surface area contributed by atoms with Gasteiger partial charge in [-0.25, -0.2) is 27.0 Å². The van der Waals surface area contributed by atoms with E-state index in [1.165, 1.54) is 0 Å². The van der Waals surface area contributed by atoms with Gasteiger partial charge in [-0.15, -0.1) is 0 Å². The first-order valence-corrected chi connectivity index (χ1v) is 16.4. The molecule has 0 aromatic carbocycles. The van der Waals surface area contributed by atoms with Crippen LogP contribution in [0.1, 0.15) is 85.0 Å². The van der Waals surface area contributed by atoms with Gasteiger partial charge in [-0.2, -0.15) is 0 Å². The zero-order valence-corrected chi connectivity index (χ0v) is 23.8. The fourth-order valence-corrected chi connectivity index (χ4v) is 10.4. The summed E-state index contributed by atoms with van der Waals surface area (Å²) >= 11 is 0. The summed E-state index contributed by atoms with van der Waals surface area (Å²) in [5, 5.41) is 9.15. The number of phosphoric acid groups is 2. The first-order chi connectivity index (χ1) is 17.2. The van der Waals surface area contributed by atoms with Crippen molar-refractivity contribution < 1.29 is 56.4 Å². The minimum absolute atomic E-state index is 0.0280. The van der Waals surface area contributed by atoms with Crippen molar-refractivity contribution >= 4 is 21.6 Å². The second kappa shape index (κ2) is 9.83. The second-order valence-electron chi connectivity index (χ2n) is 12.8. The van der Waals surface area contributed by atoms with Crippen molar-refractivity contribution in [3.05, 3.63) is 0 Å². The SMILES string of the molecule is CC(CCC(=O)O)C1CCC2C3C(CCC12C)C1(C)CCC(F)(OP(=O)(O)O)CC1CC3(F)OP(=O)(O)O. The number of aliphatic carboxylic acids is 1. The zero-order valence-electron chi connectivity index (χ0n) is 22.0. The molecule has 0 spiro atoms. The molecular formula is C24H40F2O10P2. The van der Waals surface area contributed by atoms with Gasteiger partial charge in [0.05, 0.1) is 0 Å². The number of phosphoric ester groups is 2. The molecule has 0 bridgehead atoms. The molecule has 0 amide bonds. The van der Waals surface area contributed by atoms with Crippen LogP contribution in [0.15, 0.2) is 0 Å². The lowest BCUT2D eigenvalue weighted by molar-refractivity contribution is -0.276. The molecule has 4 fully saturated rings. The van der Waals surface area contributed by atoms with Crippen LogP contribution in [0, 0.1) is 46.3 Å². The summed E-state index contributed by atoms with van der Waals surface area (Å²) in [6.45, 7) is 5.98. The average molecular weight is 589 g/mol. The number of hydrogen-bond donors (Lipinski definition) is 5. The fourth-order valence-electron chi connectivity index (χ4n) is 9.23. The van der Waals surface area contributed by atoms with Crippen LogP contribution < -0.4 is 0 Å². The van der Waals surface area contributed by atoms with Gasteiger partial charge in [0.2, 0.25) is 11.7 Å². The van der Waals surface area contributed by atoms with Gasteiger partial charge in [0.25, 0.3) is 0 Å². The highest BCUT2D eigenvalue weighted by Gasteiger charge is 2.70. The number of carboxylic acids is 1. The lowest BCUT2D eigenvalue weighted by Crippen LogP contribution is -2.63. The maximum absolute atomic E-state index is 17.0. The molecule has 10 nitrogen and oxygen atoms in total. The van der Waals surface area contributed by atoms with Gasteiger partial charge in [-0.3, -0.25) is 4.79 Å². The summed E-state index contributed by atoms with van der Waals surface area (Å²) in [4.78, 5) is 49.0. The van der Waals surface area contributed by atoms with E-state index in [0.29, 0.717) is 25.7 Å². The Hall–Kier alpha value is -0.450. The van der Waals surface area contributed by atoms with E-state index in [4.69, 9.17) is 9.63 Å². The molecule has 0 radical (unpaired) electrons. The van der Waals surface area contributed by atoms with E-state index in [1.807, 2.05) is 13.8 Å². The smallest absolute Gasteiger partial charge is 0.472 e. The Balaban J connectivity index is 1.69. The first-order valence-electron chi connectivity index (χ1n) is 13.3. The Morgan fingerprint density at radius 3 is 2.11 bits per heavy atom. The number of alkyl halides is 2. The third-order valence-electron chi connectivity index (χ3n) is 10.8. The topological polar surface area (TPSA) is 171 Å². The van der Waals surface area contributed by atoms with Crippen LogP contribution in [0.4, 0.5) is 8.78 Å².